The number of nitrogens with zero attached hydrogens (tertiary/aromatic N) is 4. The van der Waals surface area contributed by atoms with E-state index >= 15 is 0 Å². The number of aliphatic hydroxyl groups is 1. The standard InChI is InChI=1S/C23H24N6O2S/c1-13-7-18(8-14(2)25-13)21-20(17-6-4-5-16(9-17)10-24)27-22(32-21)28-23(31)29-11-15(3)26-19(30)12-29/h4-9,15,19,26,30H,11-12H2,1-3H3,(H,27,28,31)/t15-,19?/m0/s1. The number of nitrogens with one attached hydrogen (secondary N) is 2. The van der Waals surface area contributed by atoms with Gasteiger partial charge in [-0.05, 0) is 50.6 Å². The van der Waals surface area contributed by atoms with Gasteiger partial charge in [-0.25, -0.2) is 9.78 Å². The zero-order valence-corrected chi connectivity index (χ0v) is 18.9. The van der Waals surface area contributed by atoms with Crippen LogP contribution in [0.15, 0.2) is 36.4 Å². The van der Waals surface area contributed by atoms with Crippen LogP contribution < -0.4 is 10.6 Å². The third kappa shape index (κ3) is 4.78. The first kappa shape index (κ1) is 21.9. The number of pyridine rings is 1. The normalized spacial score (nSPS) is 18.3. The van der Waals surface area contributed by atoms with E-state index in [0.717, 1.165) is 27.4 Å². The third-order valence-electron chi connectivity index (χ3n) is 5.10. The molecule has 1 saturated heterocycles. The van der Waals surface area contributed by atoms with E-state index in [1.54, 1.807) is 17.0 Å². The summed E-state index contributed by atoms with van der Waals surface area (Å²) >= 11 is 1.37. The number of aromatic nitrogens is 2. The van der Waals surface area contributed by atoms with Crippen molar-refractivity contribution in [1.82, 2.24) is 20.2 Å². The van der Waals surface area contributed by atoms with Crippen LogP contribution in [0, 0.1) is 25.2 Å². The molecule has 1 aromatic carbocycles. The number of hydrogen-bond donors (Lipinski definition) is 3. The second kappa shape index (κ2) is 9.04. The van der Waals surface area contributed by atoms with Gasteiger partial charge >= 0.3 is 6.03 Å². The lowest BCUT2D eigenvalue weighted by molar-refractivity contribution is 0.0529. The Labute approximate surface area is 190 Å². The van der Waals surface area contributed by atoms with Crippen LogP contribution in [0.25, 0.3) is 21.7 Å². The van der Waals surface area contributed by atoms with Gasteiger partial charge in [0.2, 0.25) is 0 Å². The fraction of sp³-hybridized carbons (Fsp3) is 0.304. The van der Waals surface area contributed by atoms with E-state index in [2.05, 4.69) is 21.7 Å². The molecular formula is C23H24N6O2S. The summed E-state index contributed by atoms with van der Waals surface area (Å²) in [5.41, 5.74) is 4.77. The van der Waals surface area contributed by atoms with Gasteiger partial charge in [0.25, 0.3) is 0 Å². The third-order valence-corrected chi connectivity index (χ3v) is 6.12. The van der Waals surface area contributed by atoms with Gasteiger partial charge in [-0.2, -0.15) is 5.26 Å². The van der Waals surface area contributed by atoms with Crippen LogP contribution in [0.3, 0.4) is 0 Å². The molecule has 2 atom stereocenters. The van der Waals surface area contributed by atoms with Gasteiger partial charge in [0.15, 0.2) is 5.13 Å². The van der Waals surface area contributed by atoms with Crippen molar-refractivity contribution in [2.75, 3.05) is 18.4 Å². The number of aryl methyl sites for hydroxylation is 2. The summed E-state index contributed by atoms with van der Waals surface area (Å²) in [6, 6.07) is 13.1. The Morgan fingerprint density at radius 2 is 1.97 bits per heavy atom. The van der Waals surface area contributed by atoms with Crippen LogP contribution in [-0.2, 0) is 0 Å². The number of hydrogen-bond acceptors (Lipinski definition) is 7. The molecule has 1 unspecified atom stereocenters. The zero-order valence-electron chi connectivity index (χ0n) is 18.1. The smallest absolute Gasteiger partial charge is 0.323 e. The number of β-amino-alcohol motifs (C(OH)–C–C–N with tert-alkyl or cyclic N) is 1. The molecule has 4 rings (SSSR count). The fourth-order valence-electron chi connectivity index (χ4n) is 3.85. The molecule has 9 heteroatoms. The minimum Gasteiger partial charge on any atom is -0.377 e. The van der Waals surface area contributed by atoms with Crippen LogP contribution in [0.4, 0.5) is 9.93 Å². The number of rotatable bonds is 3. The minimum absolute atomic E-state index is 0.0107. The predicted octanol–water partition coefficient (Wildman–Crippen LogP) is 3.50. The first-order chi connectivity index (χ1) is 15.3. The molecule has 8 nitrogen and oxygen atoms in total. The molecule has 3 heterocycles. The van der Waals surface area contributed by atoms with E-state index in [1.807, 2.05) is 45.0 Å². The number of carbonyl (C=O) groups excluding carboxylic acids is 1. The van der Waals surface area contributed by atoms with Crippen molar-refractivity contribution in [3.63, 3.8) is 0 Å². The van der Waals surface area contributed by atoms with Gasteiger partial charge < -0.3 is 10.0 Å². The van der Waals surface area contributed by atoms with E-state index in [1.165, 1.54) is 11.3 Å². The molecule has 1 aliphatic heterocycles. The summed E-state index contributed by atoms with van der Waals surface area (Å²) in [6.45, 7) is 6.48. The molecule has 0 saturated carbocycles. The zero-order chi connectivity index (χ0) is 22.8. The molecule has 3 aromatic rings. The molecule has 1 fully saturated rings. The van der Waals surface area contributed by atoms with Crippen molar-refractivity contribution in [3.05, 3.63) is 53.3 Å². The van der Waals surface area contributed by atoms with Crippen molar-refractivity contribution < 1.29 is 9.90 Å². The first-order valence-electron chi connectivity index (χ1n) is 10.3. The quantitative estimate of drug-likeness (QED) is 0.565. The molecular weight excluding hydrogens is 424 g/mol. The Morgan fingerprint density at radius 3 is 2.66 bits per heavy atom. The number of thiazole rings is 1. The number of amides is 2. The molecule has 0 radical (unpaired) electrons. The topological polar surface area (TPSA) is 114 Å². The summed E-state index contributed by atoms with van der Waals surface area (Å²) < 4.78 is 0. The van der Waals surface area contributed by atoms with Crippen molar-refractivity contribution in [2.24, 2.45) is 0 Å². The fourth-order valence-corrected chi connectivity index (χ4v) is 4.82. The maximum Gasteiger partial charge on any atom is 0.323 e. The first-order valence-corrected chi connectivity index (χ1v) is 11.1. The summed E-state index contributed by atoms with van der Waals surface area (Å²) in [6.07, 6.45) is -0.761. The Morgan fingerprint density at radius 1 is 1.22 bits per heavy atom. The number of nitriles is 1. The Bertz CT molecular complexity index is 1170. The van der Waals surface area contributed by atoms with Gasteiger partial charge in [-0.15, -0.1) is 0 Å². The highest BCUT2D eigenvalue weighted by Gasteiger charge is 2.27. The summed E-state index contributed by atoms with van der Waals surface area (Å²) in [7, 11) is 0. The minimum atomic E-state index is -0.761. The molecule has 164 valence electrons. The summed E-state index contributed by atoms with van der Waals surface area (Å²) in [5.74, 6) is 0. The SMILES string of the molecule is Cc1cc(-c2sc(NC(=O)N3CC(O)N[C@@H](C)C3)nc2-c2cccc(C#N)c2)cc(C)n1. The molecule has 32 heavy (non-hydrogen) atoms. The van der Waals surface area contributed by atoms with E-state index in [0.29, 0.717) is 22.9 Å². The maximum atomic E-state index is 12.9. The van der Waals surface area contributed by atoms with Gasteiger partial charge in [-0.3, -0.25) is 15.6 Å². The predicted molar refractivity (Wildman–Crippen MR) is 124 cm³/mol. The molecule has 0 aliphatic carbocycles. The van der Waals surface area contributed by atoms with Crippen LogP contribution in [-0.4, -0.2) is 51.4 Å². The maximum absolute atomic E-state index is 12.9. The van der Waals surface area contributed by atoms with Crippen molar-refractivity contribution in [2.45, 2.75) is 33.0 Å². The Hall–Kier alpha value is -3.32. The molecule has 0 bridgehead atoms. The average molecular weight is 449 g/mol. The van der Waals surface area contributed by atoms with Gasteiger partial charge in [-0.1, -0.05) is 23.5 Å². The largest absolute Gasteiger partial charge is 0.377 e. The van der Waals surface area contributed by atoms with Crippen LogP contribution >= 0.6 is 11.3 Å². The Balaban J connectivity index is 1.72. The number of piperazine rings is 1. The second-order valence-corrected chi connectivity index (χ2v) is 8.95. The molecule has 2 amide bonds. The lowest BCUT2D eigenvalue weighted by atomic mass is 10.0. The average Bonchev–Trinajstić information content (AvgIpc) is 3.16. The lowest BCUT2D eigenvalue weighted by Gasteiger charge is -2.34. The number of carbonyl (C=O) groups is 1. The highest BCUT2D eigenvalue weighted by atomic mass is 32.1. The van der Waals surface area contributed by atoms with Crippen molar-refractivity contribution in [1.29, 1.82) is 5.26 Å². The summed E-state index contributed by atoms with van der Waals surface area (Å²) in [5, 5.41) is 25.6. The van der Waals surface area contributed by atoms with E-state index in [-0.39, 0.29) is 18.6 Å². The van der Waals surface area contributed by atoms with Gasteiger partial charge in [0.05, 0.1) is 28.7 Å². The summed E-state index contributed by atoms with van der Waals surface area (Å²) in [4.78, 5) is 24.5. The Kier molecular flexibility index (Phi) is 6.19. The van der Waals surface area contributed by atoms with E-state index in [4.69, 9.17) is 4.98 Å². The van der Waals surface area contributed by atoms with Crippen LogP contribution in [0.2, 0.25) is 0 Å². The van der Waals surface area contributed by atoms with E-state index < -0.39 is 6.23 Å². The molecule has 0 spiro atoms. The number of anilines is 1. The van der Waals surface area contributed by atoms with Crippen molar-refractivity contribution >= 4 is 22.5 Å². The number of aliphatic hydroxyl groups excluding tert-OH is 1. The lowest BCUT2D eigenvalue weighted by Crippen LogP contribution is -2.57. The highest BCUT2D eigenvalue weighted by Crippen LogP contribution is 2.39. The van der Waals surface area contributed by atoms with Crippen molar-refractivity contribution in [3.8, 4) is 27.8 Å². The number of urea groups is 1. The molecule has 2 aromatic heterocycles. The molecule has 3 N–H and O–H groups in total. The van der Waals surface area contributed by atoms with Crippen LogP contribution in [0.1, 0.15) is 23.9 Å². The monoisotopic (exact) mass is 448 g/mol. The van der Waals surface area contributed by atoms with Gasteiger partial charge in [0, 0.05) is 29.5 Å². The highest BCUT2D eigenvalue weighted by molar-refractivity contribution is 7.19. The second-order valence-electron chi connectivity index (χ2n) is 7.95. The van der Waals surface area contributed by atoms with Gasteiger partial charge in [0.1, 0.15) is 6.23 Å². The van der Waals surface area contributed by atoms with E-state index in [9.17, 15) is 15.2 Å². The molecule has 1 aliphatic rings. The number of benzene rings is 1. The van der Waals surface area contributed by atoms with Crippen LogP contribution in [0.5, 0.6) is 0 Å².